The number of ether oxygens (including phenoxy) is 1. The van der Waals surface area contributed by atoms with Crippen molar-refractivity contribution in [2.45, 2.75) is 44.8 Å². The average molecular weight is 450 g/mol. The summed E-state index contributed by atoms with van der Waals surface area (Å²) in [7, 11) is -3.21. The van der Waals surface area contributed by atoms with Crippen LogP contribution in [0, 0.1) is 5.92 Å². The lowest BCUT2D eigenvalue weighted by molar-refractivity contribution is -0.137. The molecule has 2 N–H and O–H groups in total. The van der Waals surface area contributed by atoms with Crippen LogP contribution in [0.4, 0.5) is 24.5 Å². The Labute approximate surface area is 176 Å². The van der Waals surface area contributed by atoms with Gasteiger partial charge in [0, 0.05) is 37.1 Å². The van der Waals surface area contributed by atoms with Crippen molar-refractivity contribution in [1.82, 2.24) is 4.72 Å². The van der Waals surface area contributed by atoms with Crippen LogP contribution < -0.4 is 14.9 Å². The van der Waals surface area contributed by atoms with Crippen molar-refractivity contribution in [2.75, 3.05) is 48.8 Å². The molecule has 1 aliphatic heterocycles. The number of hydrogen-bond acceptors (Lipinski definition) is 5. The second kappa shape index (κ2) is 9.74. The molecule has 2 aliphatic rings. The normalized spacial score (nSPS) is 23.4. The molecule has 10 heteroatoms. The molecule has 0 radical (unpaired) electrons. The van der Waals surface area contributed by atoms with Gasteiger partial charge in [-0.25, -0.2) is 13.1 Å². The Kier molecular flexibility index (Phi) is 7.52. The van der Waals surface area contributed by atoms with Gasteiger partial charge in [-0.1, -0.05) is 0 Å². The molecule has 0 bridgehead atoms. The molecule has 1 aromatic rings. The number of nitrogens with one attached hydrogen (secondary N) is 2. The van der Waals surface area contributed by atoms with Gasteiger partial charge in [0.15, 0.2) is 0 Å². The Bertz CT molecular complexity index is 803. The van der Waals surface area contributed by atoms with Crippen LogP contribution >= 0.6 is 0 Å². The SMILES string of the molecule is CCS(=O)(=O)N[C@H]1CC[C@H](CNc2ccc(N3CCOCC3)c(C(F)(F)F)c2)CC1. The fourth-order valence-corrected chi connectivity index (χ4v) is 4.95. The Hall–Kier alpha value is -1.52. The van der Waals surface area contributed by atoms with Gasteiger partial charge in [0.1, 0.15) is 0 Å². The van der Waals surface area contributed by atoms with Crippen LogP contribution in [0.25, 0.3) is 0 Å². The van der Waals surface area contributed by atoms with E-state index < -0.39 is 21.8 Å². The zero-order chi connectivity index (χ0) is 21.8. The Balaban J connectivity index is 1.58. The molecular weight excluding hydrogens is 419 g/mol. The van der Waals surface area contributed by atoms with E-state index in [1.165, 1.54) is 12.1 Å². The van der Waals surface area contributed by atoms with E-state index in [0.717, 1.165) is 25.7 Å². The molecule has 0 unspecified atom stereocenters. The highest BCUT2D eigenvalue weighted by Crippen LogP contribution is 2.38. The van der Waals surface area contributed by atoms with Crippen molar-refractivity contribution in [3.63, 3.8) is 0 Å². The van der Waals surface area contributed by atoms with E-state index >= 15 is 0 Å². The van der Waals surface area contributed by atoms with Crippen molar-refractivity contribution in [2.24, 2.45) is 5.92 Å². The van der Waals surface area contributed by atoms with E-state index in [1.807, 2.05) is 0 Å². The molecule has 170 valence electrons. The Morgan fingerprint density at radius 2 is 1.80 bits per heavy atom. The van der Waals surface area contributed by atoms with E-state index in [2.05, 4.69) is 10.0 Å². The van der Waals surface area contributed by atoms with Crippen LogP contribution in [-0.4, -0.2) is 53.1 Å². The van der Waals surface area contributed by atoms with Gasteiger partial charge < -0.3 is 15.0 Å². The summed E-state index contributed by atoms with van der Waals surface area (Å²) in [5, 5.41) is 3.15. The topological polar surface area (TPSA) is 70.7 Å². The molecule has 1 saturated heterocycles. The monoisotopic (exact) mass is 449 g/mol. The number of hydrogen-bond donors (Lipinski definition) is 2. The minimum absolute atomic E-state index is 0.0455. The number of benzene rings is 1. The fourth-order valence-electron chi connectivity index (χ4n) is 4.04. The molecule has 2 fully saturated rings. The lowest BCUT2D eigenvalue weighted by Gasteiger charge is -2.31. The minimum Gasteiger partial charge on any atom is -0.385 e. The quantitative estimate of drug-likeness (QED) is 0.667. The van der Waals surface area contributed by atoms with Gasteiger partial charge in [-0.2, -0.15) is 13.2 Å². The van der Waals surface area contributed by atoms with Crippen molar-refractivity contribution >= 4 is 21.4 Å². The zero-order valence-corrected chi connectivity index (χ0v) is 18.0. The number of morpholine rings is 1. The molecule has 3 rings (SSSR count). The number of alkyl halides is 3. The van der Waals surface area contributed by atoms with Gasteiger partial charge in [0.25, 0.3) is 0 Å². The van der Waals surface area contributed by atoms with E-state index in [0.29, 0.717) is 44.5 Å². The maximum Gasteiger partial charge on any atom is 0.418 e. The average Bonchev–Trinajstić information content (AvgIpc) is 2.73. The second-order valence-corrected chi connectivity index (χ2v) is 9.99. The molecular formula is C20H30F3N3O3S. The largest absolute Gasteiger partial charge is 0.418 e. The molecule has 0 spiro atoms. The summed E-state index contributed by atoms with van der Waals surface area (Å²) in [6.45, 7) is 3.92. The summed E-state index contributed by atoms with van der Waals surface area (Å²) in [6, 6.07) is 4.37. The van der Waals surface area contributed by atoms with Crippen LogP contribution in [0.2, 0.25) is 0 Å². The summed E-state index contributed by atoms with van der Waals surface area (Å²) in [6.07, 6.45) is -1.27. The minimum atomic E-state index is -4.43. The molecule has 30 heavy (non-hydrogen) atoms. The first-order valence-electron chi connectivity index (χ1n) is 10.5. The highest BCUT2D eigenvalue weighted by molar-refractivity contribution is 7.89. The van der Waals surface area contributed by atoms with Crippen molar-refractivity contribution < 1.29 is 26.3 Å². The first kappa shape index (κ1) is 23.1. The fraction of sp³-hybridized carbons (Fsp3) is 0.700. The lowest BCUT2D eigenvalue weighted by Crippen LogP contribution is -2.39. The van der Waals surface area contributed by atoms with Crippen molar-refractivity contribution in [3.8, 4) is 0 Å². The summed E-state index contributed by atoms with van der Waals surface area (Å²) < 4.78 is 72.3. The maximum atomic E-state index is 13.6. The third kappa shape index (κ3) is 6.24. The van der Waals surface area contributed by atoms with Crippen LogP contribution in [-0.2, 0) is 20.9 Å². The second-order valence-electron chi connectivity index (χ2n) is 7.95. The van der Waals surface area contributed by atoms with Gasteiger partial charge in [0.05, 0.1) is 24.5 Å². The van der Waals surface area contributed by atoms with Gasteiger partial charge in [-0.05, 0) is 56.7 Å². The summed E-state index contributed by atoms with van der Waals surface area (Å²) in [5.74, 6) is 0.372. The number of sulfonamides is 1. The van der Waals surface area contributed by atoms with Crippen LogP contribution in [0.3, 0.4) is 0 Å². The Morgan fingerprint density at radius 3 is 2.40 bits per heavy atom. The predicted octanol–water partition coefficient (Wildman–Crippen LogP) is 3.45. The third-order valence-electron chi connectivity index (χ3n) is 5.82. The summed E-state index contributed by atoms with van der Waals surface area (Å²) in [4.78, 5) is 1.72. The molecule has 0 amide bonds. The molecule has 6 nitrogen and oxygen atoms in total. The third-order valence-corrected chi connectivity index (χ3v) is 7.27. The first-order valence-corrected chi connectivity index (χ1v) is 12.1. The van der Waals surface area contributed by atoms with Gasteiger partial charge in [-0.15, -0.1) is 0 Å². The van der Waals surface area contributed by atoms with Crippen LogP contribution in [0.1, 0.15) is 38.2 Å². The van der Waals surface area contributed by atoms with E-state index in [1.54, 1.807) is 17.9 Å². The van der Waals surface area contributed by atoms with E-state index in [-0.39, 0.29) is 17.5 Å². The van der Waals surface area contributed by atoms with E-state index in [9.17, 15) is 21.6 Å². The molecule has 1 saturated carbocycles. The molecule has 0 atom stereocenters. The number of rotatable bonds is 7. The summed E-state index contributed by atoms with van der Waals surface area (Å²) in [5.41, 5.74) is 0.0142. The van der Waals surface area contributed by atoms with Gasteiger partial charge >= 0.3 is 6.18 Å². The van der Waals surface area contributed by atoms with Crippen molar-refractivity contribution in [3.05, 3.63) is 23.8 Å². The highest BCUT2D eigenvalue weighted by Gasteiger charge is 2.35. The number of nitrogens with zero attached hydrogens (tertiary/aromatic N) is 1. The molecule has 1 aliphatic carbocycles. The highest BCUT2D eigenvalue weighted by atomic mass is 32.2. The predicted molar refractivity (Wildman–Crippen MR) is 111 cm³/mol. The van der Waals surface area contributed by atoms with Crippen LogP contribution in [0.15, 0.2) is 18.2 Å². The van der Waals surface area contributed by atoms with E-state index in [4.69, 9.17) is 4.74 Å². The maximum absolute atomic E-state index is 13.6. The van der Waals surface area contributed by atoms with Gasteiger partial charge in [-0.3, -0.25) is 0 Å². The zero-order valence-electron chi connectivity index (χ0n) is 17.2. The lowest BCUT2D eigenvalue weighted by atomic mass is 9.86. The first-order chi connectivity index (χ1) is 14.2. The smallest absolute Gasteiger partial charge is 0.385 e. The molecule has 1 heterocycles. The van der Waals surface area contributed by atoms with Crippen LogP contribution in [0.5, 0.6) is 0 Å². The Morgan fingerprint density at radius 1 is 1.13 bits per heavy atom. The summed E-state index contributed by atoms with van der Waals surface area (Å²) >= 11 is 0. The molecule has 0 aromatic heterocycles. The van der Waals surface area contributed by atoms with Gasteiger partial charge in [0.2, 0.25) is 10.0 Å². The number of anilines is 2. The standard InChI is InChI=1S/C20H30F3N3O3S/c1-2-30(27,28)25-16-5-3-15(4-6-16)14-24-17-7-8-19(18(13-17)20(21,22)23)26-9-11-29-12-10-26/h7-8,13,15-16,24-25H,2-6,9-12,14H2,1H3/t15-,16-. The van der Waals surface area contributed by atoms with Crippen molar-refractivity contribution in [1.29, 1.82) is 0 Å². The molecule has 1 aromatic carbocycles. The number of halogens is 3.